The summed E-state index contributed by atoms with van der Waals surface area (Å²) in [6.07, 6.45) is 3.29. The van der Waals surface area contributed by atoms with Crippen LogP contribution in [0.2, 0.25) is 0 Å². The van der Waals surface area contributed by atoms with E-state index in [0.717, 1.165) is 25.0 Å². The van der Waals surface area contributed by atoms with E-state index < -0.39 is 17.3 Å². The van der Waals surface area contributed by atoms with Crippen LogP contribution >= 0.6 is 0 Å². The Morgan fingerprint density at radius 1 is 1.25 bits per heavy atom. The van der Waals surface area contributed by atoms with Gasteiger partial charge in [-0.1, -0.05) is 0 Å². The van der Waals surface area contributed by atoms with Crippen LogP contribution in [0.15, 0.2) is 18.3 Å². The molecule has 144 valence electrons. The van der Waals surface area contributed by atoms with Crippen molar-refractivity contribution in [1.82, 2.24) is 19.5 Å². The van der Waals surface area contributed by atoms with Crippen LogP contribution in [0.25, 0.3) is 11.2 Å². The first-order valence-electron chi connectivity index (χ1n) is 8.75. The number of aromatic nitrogens is 4. The van der Waals surface area contributed by atoms with E-state index in [9.17, 15) is 8.78 Å². The maximum absolute atomic E-state index is 14.3. The Bertz CT molecular complexity index is 1070. The Balaban J connectivity index is 1.64. The summed E-state index contributed by atoms with van der Waals surface area (Å²) in [5.41, 5.74) is 0.278. The lowest BCUT2D eigenvalue weighted by atomic mass is 10.1. The second kappa shape index (κ2) is 7.36. The zero-order valence-electron chi connectivity index (χ0n) is 15.0. The Hall–Kier alpha value is -3.32. The molecule has 1 fully saturated rings. The second-order valence-corrected chi connectivity index (χ2v) is 6.45. The Morgan fingerprint density at radius 2 is 2.04 bits per heavy atom. The fourth-order valence-electron chi connectivity index (χ4n) is 3.05. The molecule has 0 amide bonds. The molecule has 0 aliphatic carbocycles. The molecule has 10 heteroatoms. The average molecular weight is 385 g/mol. The lowest BCUT2D eigenvalue weighted by Crippen LogP contribution is -2.28. The highest BCUT2D eigenvalue weighted by atomic mass is 19.1. The molecule has 2 N–H and O–H groups in total. The largest absolute Gasteiger partial charge is 0.381 e. The Morgan fingerprint density at radius 3 is 2.79 bits per heavy atom. The summed E-state index contributed by atoms with van der Waals surface area (Å²) in [7, 11) is 1.67. The lowest BCUT2D eigenvalue weighted by Gasteiger charge is -2.22. The maximum Gasteiger partial charge on any atom is 0.224 e. The smallest absolute Gasteiger partial charge is 0.224 e. The predicted molar refractivity (Wildman–Crippen MR) is 98.1 cm³/mol. The van der Waals surface area contributed by atoms with Crippen LogP contribution in [0.3, 0.4) is 0 Å². The van der Waals surface area contributed by atoms with E-state index in [1.165, 1.54) is 0 Å². The third-order valence-corrected chi connectivity index (χ3v) is 4.61. The molecule has 1 aliphatic rings. The van der Waals surface area contributed by atoms with Gasteiger partial charge in [-0.2, -0.15) is 10.2 Å². The van der Waals surface area contributed by atoms with Crippen LogP contribution in [-0.2, 0) is 11.8 Å². The monoisotopic (exact) mass is 385 g/mol. The third-order valence-electron chi connectivity index (χ3n) is 4.61. The summed E-state index contributed by atoms with van der Waals surface area (Å²) in [5, 5.41) is 14.8. The van der Waals surface area contributed by atoms with Gasteiger partial charge in [-0.05, 0) is 25.0 Å². The van der Waals surface area contributed by atoms with Crippen molar-refractivity contribution < 1.29 is 13.5 Å². The van der Waals surface area contributed by atoms with Crippen LogP contribution in [0.4, 0.5) is 26.4 Å². The van der Waals surface area contributed by atoms with Gasteiger partial charge in [-0.15, -0.1) is 0 Å². The molecule has 1 aliphatic heterocycles. The molecule has 1 aromatic carbocycles. The van der Waals surface area contributed by atoms with Gasteiger partial charge in [0.25, 0.3) is 0 Å². The number of fused-ring (bicyclic) bond motifs is 1. The van der Waals surface area contributed by atoms with Crippen molar-refractivity contribution in [3.8, 4) is 6.07 Å². The van der Waals surface area contributed by atoms with Gasteiger partial charge in [0.2, 0.25) is 11.9 Å². The summed E-state index contributed by atoms with van der Waals surface area (Å²) in [5.74, 6) is -1.16. The second-order valence-electron chi connectivity index (χ2n) is 6.45. The first kappa shape index (κ1) is 18.1. The molecule has 3 aromatic rings. The van der Waals surface area contributed by atoms with Gasteiger partial charge in [0, 0.05) is 26.3 Å². The number of rotatable bonds is 4. The van der Waals surface area contributed by atoms with Crippen molar-refractivity contribution >= 4 is 28.7 Å². The van der Waals surface area contributed by atoms with E-state index in [4.69, 9.17) is 10.00 Å². The number of hydrogen-bond donors (Lipinski definition) is 2. The molecule has 4 rings (SSSR count). The molecule has 0 radical (unpaired) electrons. The predicted octanol–water partition coefficient (Wildman–Crippen LogP) is 2.85. The minimum atomic E-state index is -0.970. The number of imidazole rings is 1. The number of benzene rings is 1. The summed E-state index contributed by atoms with van der Waals surface area (Å²) < 4.78 is 35.3. The van der Waals surface area contributed by atoms with Crippen molar-refractivity contribution in [2.75, 3.05) is 23.8 Å². The lowest BCUT2D eigenvalue weighted by molar-refractivity contribution is 0.0903. The normalized spacial score (nSPS) is 14.8. The van der Waals surface area contributed by atoms with Gasteiger partial charge in [-0.25, -0.2) is 18.7 Å². The van der Waals surface area contributed by atoms with Crippen molar-refractivity contribution in [3.63, 3.8) is 0 Å². The Kier molecular flexibility index (Phi) is 4.75. The number of aryl methyl sites for hydroxylation is 1. The van der Waals surface area contributed by atoms with Gasteiger partial charge in [0.05, 0.1) is 11.8 Å². The van der Waals surface area contributed by atoms with Crippen molar-refractivity contribution in [3.05, 3.63) is 35.5 Å². The summed E-state index contributed by atoms with van der Waals surface area (Å²) in [6, 6.07) is 4.04. The number of hydrogen-bond acceptors (Lipinski definition) is 7. The molecule has 1 saturated heterocycles. The Labute approximate surface area is 159 Å². The van der Waals surface area contributed by atoms with Crippen LogP contribution in [0, 0.1) is 23.0 Å². The molecule has 3 heterocycles. The number of halogens is 2. The van der Waals surface area contributed by atoms with Crippen molar-refractivity contribution in [2.45, 2.75) is 18.9 Å². The van der Waals surface area contributed by atoms with E-state index in [2.05, 4.69) is 25.6 Å². The average Bonchev–Trinajstić information content (AvgIpc) is 3.01. The topological polar surface area (TPSA) is 101 Å². The van der Waals surface area contributed by atoms with Gasteiger partial charge in [0.15, 0.2) is 11.5 Å². The molecule has 0 unspecified atom stereocenters. The summed E-state index contributed by atoms with van der Waals surface area (Å²) >= 11 is 0. The molecule has 0 saturated carbocycles. The summed E-state index contributed by atoms with van der Waals surface area (Å²) in [4.78, 5) is 13.0. The fourth-order valence-corrected chi connectivity index (χ4v) is 3.05. The molecule has 2 aromatic heterocycles. The molecule has 8 nitrogen and oxygen atoms in total. The van der Waals surface area contributed by atoms with Crippen LogP contribution in [0.5, 0.6) is 0 Å². The van der Waals surface area contributed by atoms with E-state index in [0.29, 0.717) is 30.3 Å². The number of anilines is 3. The number of nitriles is 1. The van der Waals surface area contributed by atoms with E-state index in [1.807, 2.05) is 0 Å². The number of nitrogens with one attached hydrogen (secondary N) is 2. The first-order valence-corrected chi connectivity index (χ1v) is 8.75. The molecule has 0 spiro atoms. The molecule has 0 atom stereocenters. The quantitative estimate of drug-likeness (QED) is 0.712. The fraction of sp³-hybridized carbons (Fsp3) is 0.333. The third kappa shape index (κ3) is 3.32. The molecular formula is C18H17F2N7O. The van der Waals surface area contributed by atoms with E-state index in [1.54, 1.807) is 23.9 Å². The number of nitrogens with zero attached hydrogens (tertiary/aromatic N) is 5. The standard InChI is InChI=1S/C18H17F2N7O/c1-27-16-13(9-22-17(26-16)23-11-4-6-28-7-5-11)24-18(27)25-15-12(19)3-2-10(8-21)14(15)20/h2-3,9,11H,4-7H2,1H3,(H,24,25)(H,22,23,26). The highest BCUT2D eigenvalue weighted by molar-refractivity contribution is 5.76. The molecule has 0 bridgehead atoms. The van der Waals surface area contributed by atoms with Gasteiger partial charge in [0.1, 0.15) is 23.1 Å². The van der Waals surface area contributed by atoms with E-state index in [-0.39, 0.29) is 17.6 Å². The highest BCUT2D eigenvalue weighted by Crippen LogP contribution is 2.27. The highest BCUT2D eigenvalue weighted by Gasteiger charge is 2.19. The zero-order chi connectivity index (χ0) is 19.7. The van der Waals surface area contributed by atoms with Gasteiger partial charge in [-0.3, -0.25) is 4.57 Å². The van der Waals surface area contributed by atoms with Gasteiger partial charge >= 0.3 is 0 Å². The molecule has 28 heavy (non-hydrogen) atoms. The SMILES string of the molecule is Cn1c(Nc2c(F)ccc(C#N)c2F)nc2cnc(NC3CCOCC3)nc21. The van der Waals surface area contributed by atoms with Crippen molar-refractivity contribution in [1.29, 1.82) is 5.26 Å². The van der Waals surface area contributed by atoms with Crippen molar-refractivity contribution in [2.24, 2.45) is 7.05 Å². The minimum absolute atomic E-state index is 0.181. The molecular weight excluding hydrogens is 368 g/mol. The van der Waals surface area contributed by atoms with Gasteiger partial charge < -0.3 is 15.4 Å². The first-order chi connectivity index (χ1) is 13.6. The zero-order valence-corrected chi connectivity index (χ0v) is 15.0. The minimum Gasteiger partial charge on any atom is -0.381 e. The van der Waals surface area contributed by atoms with Crippen LogP contribution in [0.1, 0.15) is 18.4 Å². The van der Waals surface area contributed by atoms with Crippen LogP contribution in [-0.4, -0.2) is 38.8 Å². The summed E-state index contributed by atoms with van der Waals surface area (Å²) in [6.45, 7) is 1.39. The van der Waals surface area contributed by atoms with Crippen LogP contribution < -0.4 is 10.6 Å². The number of ether oxygens (including phenoxy) is 1. The van der Waals surface area contributed by atoms with E-state index >= 15 is 0 Å². The maximum atomic E-state index is 14.3.